The van der Waals surface area contributed by atoms with Crippen molar-refractivity contribution < 1.29 is 0 Å². The normalized spacial score (nSPS) is 17.7. The summed E-state index contributed by atoms with van der Waals surface area (Å²) in [5.74, 6) is 0. The SMILES string of the molecule is N#CC1=CC[CH]C=C1N. The Kier molecular flexibility index (Phi) is 1.55. The highest BCUT2D eigenvalue weighted by atomic mass is 14.6. The molecule has 1 rings (SSSR count). The van der Waals surface area contributed by atoms with E-state index in [1.807, 2.05) is 18.6 Å². The molecule has 0 aromatic rings. The lowest BCUT2D eigenvalue weighted by atomic mass is 10.1. The van der Waals surface area contributed by atoms with E-state index in [2.05, 4.69) is 0 Å². The van der Waals surface area contributed by atoms with E-state index in [9.17, 15) is 0 Å². The first-order valence-electron chi connectivity index (χ1n) is 2.74. The van der Waals surface area contributed by atoms with Gasteiger partial charge in [-0.3, -0.25) is 0 Å². The Morgan fingerprint density at radius 2 is 2.44 bits per heavy atom. The number of hydrogen-bond acceptors (Lipinski definition) is 2. The average molecular weight is 119 g/mol. The van der Waals surface area contributed by atoms with E-state index in [0.29, 0.717) is 11.3 Å². The minimum Gasteiger partial charge on any atom is -0.398 e. The minimum absolute atomic E-state index is 0.573. The lowest BCUT2D eigenvalue weighted by Gasteiger charge is -2.02. The van der Waals surface area contributed by atoms with Crippen molar-refractivity contribution in [2.45, 2.75) is 6.42 Å². The Morgan fingerprint density at radius 3 is 2.89 bits per heavy atom. The maximum atomic E-state index is 8.41. The van der Waals surface area contributed by atoms with Crippen molar-refractivity contribution >= 4 is 0 Å². The minimum atomic E-state index is 0.573. The molecule has 2 nitrogen and oxygen atoms in total. The van der Waals surface area contributed by atoms with E-state index >= 15 is 0 Å². The van der Waals surface area contributed by atoms with Crippen molar-refractivity contribution in [2.75, 3.05) is 0 Å². The lowest BCUT2D eigenvalue weighted by molar-refractivity contribution is 1.17. The van der Waals surface area contributed by atoms with Gasteiger partial charge in [0, 0.05) is 5.70 Å². The van der Waals surface area contributed by atoms with Gasteiger partial charge in [0.15, 0.2) is 0 Å². The lowest BCUT2D eigenvalue weighted by Crippen LogP contribution is -2.02. The molecule has 2 N–H and O–H groups in total. The molecule has 0 saturated heterocycles. The van der Waals surface area contributed by atoms with Gasteiger partial charge in [-0.15, -0.1) is 0 Å². The van der Waals surface area contributed by atoms with Gasteiger partial charge in [0.25, 0.3) is 0 Å². The van der Waals surface area contributed by atoms with Crippen LogP contribution in [-0.2, 0) is 0 Å². The molecule has 1 aliphatic carbocycles. The number of hydrogen-bond donors (Lipinski definition) is 1. The van der Waals surface area contributed by atoms with E-state index in [1.54, 1.807) is 6.08 Å². The van der Waals surface area contributed by atoms with Crippen LogP contribution in [0.1, 0.15) is 6.42 Å². The van der Waals surface area contributed by atoms with E-state index in [0.717, 1.165) is 6.42 Å². The second-order valence-electron chi connectivity index (χ2n) is 1.82. The third-order valence-corrected chi connectivity index (χ3v) is 1.19. The molecule has 0 aliphatic heterocycles. The molecule has 1 radical (unpaired) electrons. The predicted molar refractivity (Wildman–Crippen MR) is 34.9 cm³/mol. The molecule has 0 aromatic heterocycles. The summed E-state index contributed by atoms with van der Waals surface area (Å²) >= 11 is 0. The molecule has 2 heteroatoms. The summed E-state index contributed by atoms with van der Waals surface area (Å²) < 4.78 is 0. The monoisotopic (exact) mass is 119 g/mol. The number of nitrogens with zero attached hydrogens (tertiary/aromatic N) is 1. The van der Waals surface area contributed by atoms with Crippen LogP contribution in [0, 0.1) is 17.8 Å². The molecule has 0 amide bonds. The fourth-order valence-electron chi connectivity index (χ4n) is 0.699. The van der Waals surface area contributed by atoms with Crippen molar-refractivity contribution in [3.8, 4) is 6.07 Å². The van der Waals surface area contributed by atoms with Gasteiger partial charge in [0.05, 0.1) is 5.57 Å². The second-order valence-corrected chi connectivity index (χ2v) is 1.82. The summed E-state index contributed by atoms with van der Waals surface area (Å²) in [5.41, 5.74) is 6.60. The van der Waals surface area contributed by atoms with Crippen LogP contribution < -0.4 is 5.73 Å². The summed E-state index contributed by atoms with van der Waals surface area (Å²) in [6, 6.07) is 2.00. The molecule has 0 fully saturated rings. The maximum Gasteiger partial charge on any atom is 0.101 e. The molecule has 0 spiro atoms. The fourth-order valence-corrected chi connectivity index (χ4v) is 0.699. The topological polar surface area (TPSA) is 49.8 Å². The Balaban J connectivity index is 2.83. The zero-order valence-electron chi connectivity index (χ0n) is 4.96. The molecule has 45 valence electrons. The van der Waals surface area contributed by atoms with E-state index in [-0.39, 0.29) is 0 Å². The number of allylic oxidation sites excluding steroid dienone is 3. The standard InChI is InChI=1S/C7H7N2/c8-5-6-3-1-2-4-7(6)9/h2-4H,1,9H2. The summed E-state index contributed by atoms with van der Waals surface area (Å²) in [7, 11) is 0. The van der Waals surface area contributed by atoms with Crippen LogP contribution in [0.3, 0.4) is 0 Å². The second kappa shape index (κ2) is 2.36. The number of rotatable bonds is 0. The summed E-state index contributed by atoms with van der Waals surface area (Å²) in [6.07, 6.45) is 6.33. The molecule has 0 saturated carbocycles. The van der Waals surface area contributed by atoms with E-state index in [4.69, 9.17) is 11.0 Å². The first-order chi connectivity index (χ1) is 4.34. The molecule has 9 heavy (non-hydrogen) atoms. The summed E-state index contributed by atoms with van der Waals surface area (Å²) in [5, 5.41) is 8.41. The molecule has 0 unspecified atom stereocenters. The van der Waals surface area contributed by atoms with Gasteiger partial charge in [0.1, 0.15) is 6.07 Å². The van der Waals surface area contributed by atoms with Gasteiger partial charge in [-0.05, 0) is 12.8 Å². The van der Waals surface area contributed by atoms with Crippen molar-refractivity contribution in [3.05, 3.63) is 29.8 Å². The van der Waals surface area contributed by atoms with Gasteiger partial charge in [0.2, 0.25) is 0 Å². The van der Waals surface area contributed by atoms with E-state index < -0.39 is 0 Å². The zero-order valence-corrected chi connectivity index (χ0v) is 4.96. The van der Waals surface area contributed by atoms with Gasteiger partial charge in [-0.2, -0.15) is 5.26 Å². The smallest absolute Gasteiger partial charge is 0.101 e. The first-order valence-corrected chi connectivity index (χ1v) is 2.74. The Labute approximate surface area is 54.3 Å². The van der Waals surface area contributed by atoms with E-state index in [1.165, 1.54) is 0 Å². The molecule has 0 bridgehead atoms. The van der Waals surface area contributed by atoms with Crippen LogP contribution >= 0.6 is 0 Å². The Morgan fingerprint density at radius 1 is 1.67 bits per heavy atom. The van der Waals surface area contributed by atoms with Crippen LogP contribution in [0.15, 0.2) is 23.4 Å². The van der Waals surface area contributed by atoms with Crippen molar-refractivity contribution in [1.82, 2.24) is 0 Å². The molecule has 0 aromatic carbocycles. The van der Waals surface area contributed by atoms with Gasteiger partial charge >= 0.3 is 0 Å². The van der Waals surface area contributed by atoms with Crippen molar-refractivity contribution in [2.24, 2.45) is 5.73 Å². The zero-order chi connectivity index (χ0) is 6.69. The van der Waals surface area contributed by atoms with Gasteiger partial charge in [-0.1, -0.05) is 12.2 Å². The molecule has 0 atom stereocenters. The predicted octanol–water partition coefficient (Wildman–Crippen LogP) is 0.887. The quantitative estimate of drug-likeness (QED) is 0.514. The van der Waals surface area contributed by atoms with Gasteiger partial charge < -0.3 is 5.73 Å². The number of nitrogens with two attached hydrogens (primary N) is 1. The molecule has 1 aliphatic rings. The fraction of sp³-hybridized carbons (Fsp3) is 0.143. The summed E-state index contributed by atoms with van der Waals surface area (Å²) in [4.78, 5) is 0. The highest BCUT2D eigenvalue weighted by molar-refractivity contribution is 5.43. The number of nitriles is 1. The molecule has 0 heterocycles. The van der Waals surface area contributed by atoms with Crippen LogP contribution in [0.5, 0.6) is 0 Å². The highest BCUT2D eigenvalue weighted by Crippen LogP contribution is 2.11. The van der Waals surface area contributed by atoms with Crippen molar-refractivity contribution in [3.63, 3.8) is 0 Å². The van der Waals surface area contributed by atoms with Gasteiger partial charge in [-0.25, -0.2) is 0 Å². The molecular weight excluding hydrogens is 112 g/mol. The van der Waals surface area contributed by atoms with Crippen molar-refractivity contribution in [1.29, 1.82) is 5.26 Å². The average Bonchev–Trinajstić information content (AvgIpc) is 1.89. The largest absolute Gasteiger partial charge is 0.398 e. The third kappa shape index (κ3) is 1.11. The van der Waals surface area contributed by atoms with Crippen LogP contribution in [0.4, 0.5) is 0 Å². The Hall–Kier alpha value is -1.23. The summed E-state index contributed by atoms with van der Waals surface area (Å²) in [6.45, 7) is 0. The third-order valence-electron chi connectivity index (χ3n) is 1.19. The Bertz CT molecular complexity index is 205. The van der Waals surface area contributed by atoms with Crippen LogP contribution in [0.25, 0.3) is 0 Å². The highest BCUT2D eigenvalue weighted by Gasteiger charge is 2.01. The van der Waals surface area contributed by atoms with Crippen LogP contribution in [-0.4, -0.2) is 0 Å². The maximum absolute atomic E-state index is 8.41. The first kappa shape index (κ1) is 5.90. The van der Waals surface area contributed by atoms with Crippen LogP contribution in [0.2, 0.25) is 0 Å². The molecular formula is C7H7N2.